The molecule has 0 aliphatic heterocycles. The van der Waals surface area contributed by atoms with Crippen LogP contribution < -0.4 is 4.90 Å². The lowest BCUT2D eigenvalue weighted by atomic mass is 9.78. The Balaban J connectivity index is 1.27. The number of benzene rings is 8. The minimum Gasteiger partial charge on any atom is -0.310 e. The molecule has 0 amide bonds. The molecule has 0 unspecified atom stereocenters. The molecule has 10 aromatic rings. The van der Waals surface area contributed by atoms with Crippen molar-refractivity contribution in [2.75, 3.05) is 4.90 Å². The van der Waals surface area contributed by atoms with Crippen molar-refractivity contribution in [3.63, 3.8) is 0 Å². The molecule has 0 atom stereocenters. The zero-order chi connectivity index (χ0) is 36.0. The number of aromatic nitrogens is 1. The summed E-state index contributed by atoms with van der Waals surface area (Å²) >= 11 is 1.87. The molecule has 0 bridgehead atoms. The maximum Gasteiger partial charge on any atom is 0.0562 e. The third kappa shape index (κ3) is 4.52. The van der Waals surface area contributed by atoms with E-state index in [9.17, 15) is 0 Å². The van der Waals surface area contributed by atoms with E-state index in [0.29, 0.717) is 0 Å². The van der Waals surface area contributed by atoms with Crippen LogP contribution >= 0.6 is 11.3 Å². The summed E-state index contributed by atoms with van der Waals surface area (Å²) in [7, 11) is 0. The molecule has 3 heteroatoms. The molecular formula is C51H36N2S. The van der Waals surface area contributed by atoms with Crippen LogP contribution in [0.3, 0.4) is 0 Å². The average Bonchev–Trinajstić information content (AvgIpc) is 3.84. The van der Waals surface area contributed by atoms with Gasteiger partial charge >= 0.3 is 0 Å². The van der Waals surface area contributed by atoms with Gasteiger partial charge in [-0.3, -0.25) is 0 Å². The number of thiophene rings is 1. The van der Waals surface area contributed by atoms with Crippen molar-refractivity contribution in [3.05, 3.63) is 193 Å². The van der Waals surface area contributed by atoms with Gasteiger partial charge in [-0.15, -0.1) is 11.3 Å². The van der Waals surface area contributed by atoms with Crippen LogP contribution in [0.25, 0.3) is 69.9 Å². The number of anilines is 3. The summed E-state index contributed by atoms with van der Waals surface area (Å²) in [6.45, 7) is 4.77. The maximum absolute atomic E-state index is 2.52. The second kappa shape index (κ2) is 11.8. The van der Waals surface area contributed by atoms with Crippen LogP contribution in [0, 0.1) is 0 Å². The lowest BCUT2D eigenvalue weighted by Crippen LogP contribution is -2.17. The van der Waals surface area contributed by atoms with E-state index < -0.39 is 0 Å². The Kier molecular flexibility index (Phi) is 6.80. The van der Waals surface area contributed by atoms with E-state index in [2.05, 4.69) is 205 Å². The van der Waals surface area contributed by atoms with Crippen molar-refractivity contribution >= 4 is 70.4 Å². The average molecular weight is 709 g/mol. The van der Waals surface area contributed by atoms with E-state index in [1.165, 1.54) is 75.4 Å². The highest BCUT2D eigenvalue weighted by molar-refractivity contribution is 7.25. The van der Waals surface area contributed by atoms with E-state index in [1.807, 2.05) is 11.3 Å². The van der Waals surface area contributed by atoms with Crippen LogP contribution in [0.5, 0.6) is 0 Å². The van der Waals surface area contributed by atoms with E-state index in [1.54, 1.807) is 0 Å². The second-order valence-electron chi connectivity index (χ2n) is 14.9. The van der Waals surface area contributed by atoms with Crippen LogP contribution in [-0.2, 0) is 5.41 Å². The molecule has 256 valence electrons. The second-order valence-corrected chi connectivity index (χ2v) is 16.0. The molecule has 0 radical (unpaired) electrons. The monoisotopic (exact) mass is 708 g/mol. The van der Waals surface area contributed by atoms with Gasteiger partial charge in [-0.1, -0.05) is 129 Å². The molecule has 8 aromatic carbocycles. The molecule has 0 saturated carbocycles. The molecular weight excluding hydrogens is 673 g/mol. The molecule has 2 nitrogen and oxygen atoms in total. The third-order valence-electron chi connectivity index (χ3n) is 11.5. The summed E-state index contributed by atoms with van der Waals surface area (Å²) in [5.74, 6) is 0. The maximum atomic E-state index is 2.52. The molecule has 1 aliphatic carbocycles. The first-order valence-electron chi connectivity index (χ1n) is 18.7. The summed E-state index contributed by atoms with van der Waals surface area (Å²) in [5.41, 5.74) is 14.7. The number of hydrogen-bond acceptors (Lipinski definition) is 2. The Morgan fingerprint density at radius 2 is 1.15 bits per heavy atom. The molecule has 2 heterocycles. The summed E-state index contributed by atoms with van der Waals surface area (Å²) in [4.78, 5) is 2.52. The lowest BCUT2D eigenvalue weighted by Gasteiger charge is -2.30. The van der Waals surface area contributed by atoms with Gasteiger partial charge < -0.3 is 9.47 Å². The van der Waals surface area contributed by atoms with Gasteiger partial charge in [-0.2, -0.15) is 0 Å². The Labute approximate surface area is 318 Å². The van der Waals surface area contributed by atoms with Crippen LogP contribution in [0.15, 0.2) is 182 Å². The van der Waals surface area contributed by atoms with Crippen LogP contribution in [0.1, 0.15) is 25.0 Å². The largest absolute Gasteiger partial charge is 0.310 e. The fraction of sp³-hybridized carbons (Fsp3) is 0.0588. The normalized spacial score (nSPS) is 13.1. The van der Waals surface area contributed by atoms with E-state index in [-0.39, 0.29) is 5.41 Å². The topological polar surface area (TPSA) is 8.17 Å². The van der Waals surface area contributed by atoms with Crippen LogP contribution in [0.2, 0.25) is 0 Å². The van der Waals surface area contributed by atoms with E-state index in [4.69, 9.17) is 0 Å². The zero-order valence-corrected chi connectivity index (χ0v) is 30.9. The predicted molar refractivity (Wildman–Crippen MR) is 231 cm³/mol. The van der Waals surface area contributed by atoms with Crippen molar-refractivity contribution in [1.29, 1.82) is 0 Å². The van der Waals surface area contributed by atoms with Gasteiger partial charge in [0.2, 0.25) is 0 Å². The number of rotatable bonds is 5. The molecule has 0 saturated heterocycles. The Hall–Kier alpha value is -6.42. The smallest absolute Gasteiger partial charge is 0.0562 e. The van der Waals surface area contributed by atoms with Crippen molar-refractivity contribution in [2.24, 2.45) is 0 Å². The molecule has 2 aromatic heterocycles. The van der Waals surface area contributed by atoms with E-state index in [0.717, 1.165) is 22.7 Å². The molecule has 1 aliphatic rings. The van der Waals surface area contributed by atoms with Gasteiger partial charge in [0.15, 0.2) is 0 Å². The fourth-order valence-electron chi connectivity index (χ4n) is 9.21. The van der Waals surface area contributed by atoms with Crippen molar-refractivity contribution in [3.8, 4) is 27.9 Å². The van der Waals surface area contributed by atoms with Crippen molar-refractivity contribution < 1.29 is 0 Å². The van der Waals surface area contributed by atoms with Gasteiger partial charge in [0, 0.05) is 53.4 Å². The number of fused-ring (bicyclic) bond motifs is 9. The minimum absolute atomic E-state index is 0.155. The van der Waals surface area contributed by atoms with Gasteiger partial charge in [-0.05, 0) is 100 Å². The third-order valence-corrected chi connectivity index (χ3v) is 12.7. The van der Waals surface area contributed by atoms with Crippen molar-refractivity contribution in [1.82, 2.24) is 4.57 Å². The van der Waals surface area contributed by atoms with Crippen LogP contribution in [0.4, 0.5) is 17.1 Å². The highest BCUT2D eigenvalue weighted by Crippen LogP contribution is 2.55. The number of para-hydroxylation sites is 2. The first-order chi connectivity index (χ1) is 26.6. The van der Waals surface area contributed by atoms with Gasteiger partial charge in [0.25, 0.3) is 0 Å². The Bertz CT molecular complexity index is 3080. The Morgan fingerprint density at radius 1 is 0.481 bits per heavy atom. The first-order valence-corrected chi connectivity index (χ1v) is 19.5. The highest BCUT2D eigenvalue weighted by Gasteiger charge is 2.38. The first kappa shape index (κ1) is 31.1. The summed E-state index contributed by atoms with van der Waals surface area (Å²) in [6.07, 6.45) is 0. The standard InChI is InChI=1S/C51H36N2S/c1-51(2)43-23-12-9-20-37(43)42-32-36(31-40(50(42)51)33-16-5-3-6-17-33)52(35-28-29-48-41(30-35)38-21-11-14-27-47(38)54-48)45-25-15-26-46-49(45)39-22-10-13-24-44(39)53(46)34-18-7-4-8-19-34/h3-32H,1-2H3. The van der Waals surface area contributed by atoms with Gasteiger partial charge in [0.05, 0.1) is 16.7 Å². The highest BCUT2D eigenvalue weighted by atomic mass is 32.1. The fourth-order valence-corrected chi connectivity index (χ4v) is 10.3. The van der Waals surface area contributed by atoms with Crippen LogP contribution in [-0.4, -0.2) is 4.57 Å². The van der Waals surface area contributed by atoms with Crippen molar-refractivity contribution in [2.45, 2.75) is 19.3 Å². The molecule has 0 fully saturated rings. The van der Waals surface area contributed by atoms with E-state index >= 15 is 0 Å². The SMILES string of the molecule is CC1(C)c2ccccc2-c2cc(N(c3ccc4sc5ccccc5c4c3)c3cccc4c3c3ccccc3n4-c3ccccc3)cc(-c3ccccc3)c21. The molecule has 0 spiro atoms. The lowest BCUT2D eigenvalue weighted by molar-refractivity contribution is 0.662. The molecule has 11 rings (SSSR count). The van der Waals surface area contributed by atoms with Gasteiger partial charge in [0.1, 0.15) is 0 Å². The molecule has 54 heavy (non-hydrogen) atoms. The number of nitrogens with zero attached hydrogens (tertiary/aromatic N) is 2. The summed E-state index contributed by atoms with van der Waals surface area (Å²) in [5, 5.41) is 5.05. The summed E-state index contributed by atoms with van der Waals surface area (Å²) < 4.78 is 5.03. The molecule has 0 N–H and O–H groups in total. The minimum atomic E-state index is -0.155. The summed E-state index contributed by atoms with van der Waals surface area (Å²) in [6, 6.07) is 67.2. The quantitative estimate of drug-likeness (QED) is 0.173. The zero-order valence-electron chi connectivity index (χ0n) is 30.1. The predicted octanol–water partition coefficient (Wildman–Crippen LogP) is 14.6. The van der Waals surface area contributed by atoms with Gasteiger partial charge in [-0.25, -0.2) is 0 Å². The Morgan fingerprint density at radius 3 is 2.00 bits per heavy atom. The number of hydrogen-bond donors (Lipinski definition) is 0.